The van der Waals surface area contributed by atoms with Crippen molar-refractivity contribution in [1.29, 1.82) is 0 Å². The lowest BCUT2D eigenvalue weighted by atomic mass is 10.1. The molecule has 0 spiro atoms. The summed E-state index contributed by atoms with van der Waals surface area (Å²) in [5.74, 6) is 0. The smallest absolute Gasteiger partial charge is 0.0221 e. The maximum absolute atomic E-state index is 3.56. The number of hydrogen-bond donors (Lipinski definition) is 0. The van der Waals surface area contributed by atoms with Gasteiger partial charge in [0, 0.05) is 8.04 Å². The van der Waals surface area contributed by atoms with E-state index in [0.29, 0.717) is 0 Å². The molecule has 62 valence electrons. The van der Waals surface area contributed by atoms with Crippen LogP contribution in [0, 0.1) is 10.5 Å². The normalized spacial score (nSPS) is 14.4. The first-order valence-corrected chi connectivity index (χ1v) is 5.70. The topological polar surface area (TPSA) is 0 Å². The molecule has 0 saturated heterocycles. The Hall–Kier alpha value is 0.170. The highest BCUT2D eigenvalue weighted by molar-refractivity contribution is 14.1. The van der Waals surface area contributed by atoms with E-state index in [-0.39, 0.29) is 0 Å². The summed E-state index contributed by atoms with van der Waals surface area (Å²) in [7, 11) is 0. The second kappa shape index (κ2) is 3.14. The van der Waals surface area contributed by atoms with Crippen molar-refractivity contribution in [3.63, 3.8) is 0 Å². The van der Waals surface area contributed by atoms with Crippen LogP contribution in [0.1, 0.15) is 17.5 Å². The van der Waals surface area contributed by atoms with Crippen LogP contribution in [0.3, 0.4) is 0 Å². The predicted octanol–water partition coefficient (Wildman–Crippen LogP) is 4.15. The number of benzene rings is 1. The van der Waals surface area contributed by atoms with Gasteiger partial charge in [-0.1, -0.05) is 22.0 Å². The first kappa shape index (κ1) is 8.75. The molecule has 1 aromatic carbocycles. The van der Waals surface area contributed by atoms with E-state index in [0.717, 1.165) is 0 Å². The van der Waals surface area contributed by atoms with Gasteiger partial charge >= 0.3 is 0 Å². The minimum atomic E-state index is 1.17. The van der Waals surface area contributed by atoms with Gasteiger partial charge in [0.1, 0.15) is 0 Å². The number of allylic oxidation sites excluding steroid dienone is 2. The van der Waals surface area contributed by atoms with Crippen molar-refractivity contribution < 1.29 is 0 Å². The van der Waals surface area contributed by atoms with Gasteiger partial charge in [0.15, 0.2) is 0 Å². The molecule has 0 heterocycles. The van der Waals surface area contributed by atoms with Crippen LogP contribution in [0.5, 0.6) is 0 Å². The molecule has 0 atom stereocenters. The SMILES string of the molecule is Cc1c(Br)cc(C2=CC2)cc1I. The van der Waals surface area contributed by atoms with Crippen molar-refractivity contribution in [3.8, 4) is 0 Å². The van der Waals surface area contributed by atoms with Crippen molar-refractivity contribution in [3.05, 3.63) is 37.4 Å². The Morgan fingerprint density at radius 2 is 2.08 bits per heavy atom. The van der Waals surface area contributed by atoms with E-state index in [1.165, 1.54) is 31.2 Å². The Morgan fingerprint density at radius 1 is 1.42 bits per heavy atom. The Morgan fingerprint density at radius 3 is 2.58 bits per heavy atom. The van der Waals surface area contributed by atoms with Crippen LogP contribution in [0.2, 0.25) is 0 Å². The van der Waals surface area contributed by atoms with E-state index in [1.807, 2.05) is 0 Å². The van der Waals surface area contributed by atoms with Gasteiger partial charge < -0.3 is 0 Å². The van der Waals surface area contributed by atoms with E-state index in [4.69, 9.17) is 0 Å². The minimum absolute atomic E-state index is 1.17. The molecular formula is C10H8BrI. The average molecular weight is 335 g/mol. The van der Waals surface area contributed by atoms with Crippen LogP contribution in [0.15, 0.2) is 22.7 Å². The molecular weight excluding hydrogens is 327 g/mol. The van der Waals surface area contributed by atoms with Crippen LogP contribution in [0.25, 0.3) is 5.57 Å². The van der Waals surface area contributed by atoms with E-state index in [2.05, 4.69) is 63.7 Å². The zero-order valence-corrected chi connectivity index (χ0v) is 10.4. The first-order chi connectivity index (χ1) is 5.68. The fraction of sp³-hybridized carbons (Fsp3) is 0.200. The molecule has 0 fully saturated rings. The summed E-state index contributed by atoms with van der Waals surface area (Å²) < 4.78 is 2.56. The maximum atomic E-state index is 3.56. The van der Waals surface area contributed by atoms with Crippen LogP contribution in [0.4, 0.5) is 0 Å². The third kappa shape index (κ3) is 1.59. The highest BCUT2D eigenvalue weighted by atomic mass is 127. The van der Waals surface area contributed by atoms with E-state index < -0.39 is 0 Å². The Bertz CT molecular complexity index is 343. The third-order valence-corrected chi connectivity index (χ3v) is 4.00. The van der Waals surface area contributed by atoms with Gasteiger partial charge in [0.05, 0.1) is 0 Å². The fourth-order valence-electron chi connectivity index (χ4n) is 1.12. The molecule has 0 unspecified atom stereocenters. The number of hydrogen-bond acceptors (Lipinski definition) is 0. The summed E-state index contributed by atoms with van der Waals surface area (Å²) in [5.41, 5.74) is 4.19. The van der Waals surface area contributed by atoms with E-state index in [9.17, 15) is 0 Å². The maximum Gasteiger partial charge on any atom is 0.0221 e. The van der Waals surface area contributed by atoms with Crippen molar-refractivity contribution in [2.24, 2.45) is 0 Å². The second-order valence-electron chi connectivity index (χ2n) is 3.00. The molecule has 1 aromatic rings. The summed E-state index contributed by atoms with van der Waals surface area (Å²) in [4.78, 5) is 0. The lowest BCUT2D eigenvalue weighted by molar-refractivity contribution is 1.37. The molecule has 1 aliphatic carbocycles. The standard InChI is InChI=1S/C10H8BrI/c1-6-9(11)4-8(5-10(6)12)7-2-3-7/h2,4-5H,3H2,1H3. The largest absolute Gasteiger partial charge is 0.0760 e. The van der Waals surface area contributed by atoms with E-state index in [1.54, 1.807) is 0 Å². The van der Waals surface area contributed by atoms with Crippen LogP contribution >= 0.6 is 38.5 Å². The van der Waals surface area contributed by atoms with Gasteiger partial charge in [-0.05, 0) is 64.8 Å². The monoisotopic (exact) mass is 334 g/mol. The third-order valence-electron chi connectivity index (χ3n) is 2.06. The minimum Gasteiger partial charge on any atom is -0.0760 e. The van der Waals surface area contributed by atoms with Gasteiger partial charge in [0.2, 0.25) is 0 Å². The molecule has 0 nitrogen and oxygen atoms in total. The average Bonchev–Trinajstić information content (AvgIpc) is 2.81. The molecule has 2 rings (SSSR count). The lowest BCUT2D eigenvalue weighted by Crippen LogP contribution is -1.84. The fourth-order valence-corrected chi connectivity index (χ4v) is 2.57. The Balaban J connectivity index is 2.53. The number of rotatable bonds is 1. The molecule has 0 radical (unpaired) electrons. The summed E-state index contributed by atoms with van der Waals surface area (Å²) >= 11 is 5.94. The van der Waals surface area contributed by atoms with Crippen LogP contribution in [-0.4, -0.2) is 0 Å². The van der Waals surface area contributed by atoms with Crippen LogP contribution in [-0.2, 0) is 0 Å². The zero-order valence-electron chi connectivity index (χ0n) is 6.70. The molecule has 0 bridgehead atoms. The van der Waals surface area contributed by atoms with Crippen molar-refractivity contribution in [2.45, 2.75) is 13.3 Å². The highest BCUT2D eigenvalue weighted by Crippen LogP contribution is 2.34. The second-order valence-corrected chi connectivity index (χ2v) is 5.01. The quantitative estimate of drug-likeness (QED) is 0.677. The Labute approximate surface area is 94.3 Å². The summed E-state index contributed by atoms with van der Waals surface area (Å²) in [5, 5.41) is 0. The predicted molar refractivity (Wildman–Crippen MR) is 64.2 cm³/mol. The molecule has 1 aliphatic rings. The first-order valence-electron chi connectivity index (χ1n) is 3.83. The molecule has 0 aliphatic heterocycles. The molecule has 0 N–H and O–H groups in total. The highest BCUT2D eigenvalue weighted by Gasteiger charge is 2.12. The number of halogens is 2. The molecule has 0 aromatic heterocycles. The van der Waals surface area contributed by atoms with Crippen molar-refractivity contribution in [2.75, 3.05) is 0 Å². The van der Waals surface area contributed by atoms with E-state index >= 15 is 0 Å². The molecule has 0 saturated carbocycles. The van der Waals surface area contributed by atoms with Crippen LogP contribution < -0.4 is 0 Å². The van der Waals surface area contributed by atoms with Gasteiger partial charge in [-0.3, -0.25) is 0 Å². The summed E-state index contributed by atoms with van der Waals surface area (Å²) in [6, 6.07) is 4.45. The summed E-state index contributed by atoms with van der Waals surface area (Å²) in [6.45, 7) is 2.14. The van der Waals surface area contributed by atoms with Gasteiger partial charge in [-0.25, -0.2) is 0 Å². The summed E-state index contributed by atoms with van der Waals surface area (Å²) in [6.07, 6.45) is 3.43. The molecule has 2 heteroatoms. The van der Waals surface area contributed by atoms with Crippen molar-refractivity contribution >= 4 is 44.1 Å². The molecule has 12 heavy (non-hydrogen) atoms. The zero-order chi connectivity index (χ0) is 8.72. The van der Waals surface area contributed by atoms with Gasteiger partial charge in [-0.15, -0.1) is 0 Å². The lowest BCUT2D eigenvalue weighted by Gasteiger charge is -2.03. The van der Waals surface area contributed by atoms with Gasteiger partial charge in [-0.2, -0.15) is 0 Å². The van der Waals surface area contributed by atoms with Gasteiger partial charge in [0.25, 0.3) is 0 Å². The molecule has 0 amide bonds. The Kier molecular flexibility index (Phi) is 2.29. The van der Waals surface area contributed by atoms with Crippen molar-refractivity contribution in [1.82, 2.24) is 0 Å².